The molecule has 0 atom stereocenters. The van der Waals surface area contributed by atoms with Crippen LogP contribution in [-0.2, 0) is 19.2 Å². The van der Waals surface area contributed by atoms with Gasteiger partial charge in [0.25, 0.3) is 23.9 Å². The lowest BCUT2D eigenvalue weighted by Gasteiger charge is -1.93. The third-order valence-corrected chi connectivity index (χ3v) is 4.37. The summed E-state index contributed by atoms with van der Waals surface area (Å²) in [6.07, 6.45) is 25.5. The van der Waals surface area contributed by atoms with Crippen molar-refractivity contribution in [2.75, 3.05) is 0 Å². The average Bonchev–Trinajstić information content (AvgIpc) is 2.82. The molecule has 40 heavy (non-hydrogen) atoms. The van der Waals surface area contributed by atoms with E-state index in [0.29, 0.717) is 0 Å². The second kappa shape index (κ2) is 61.1. The van der Waals surface area contributed by atoms with Gasteiger partial charge in [0.05, 0.1) is 0 Å². The van der Waals surface area contributed by atoms with E-state index in [1.807, 2.05) is 0 Å². The van der Waals surface area contributed by atoms with Gasteiger partial charge in [-0.15, -0.1) is 0 Å². The Kier molecular flexibility index (Phi) is 82.5. The second-order valence-corrected chi connectivity index (χ2v) is 9.32. The molecule has 0 spiro atoms. The highest BCUT2D eigenvalue weighted by atomic mass is 16.4. The van der Waals surface area contributed by atoms with E-state index < -0.39 is 23.9 Å². The summed E-state index contributed by atoms with van der Waals surface area (Å²) in [6.45, 7) is 17.9. The second-order valence-electron chi connectivity index (χ2n) is 9.32. The zero-order valence-electron chi connectivity index (χ0n) is 28.1. The van der Waals surface area contributed by atoms with Crippen LogP contribution in [0, 0.1) is 0 Å². The highest BCUT2D eigenvalue weighted by Crippen LogP contribution is 2.04. The maximum Gasteiger partial charge on any atom is 0.300 e. The lowest BCUT2D eigenvalue weighted by atomic mass is 10.1. The fraction of sp³-hybridized carbons (Fsp3) is 0.875. The zero-order valence-corrected chi connectivity index (χ0v) is 28.1. The topological polar surface area (TPSA) is 149 Å². The highest BCUT2D eigenvalue weighted by molar-refractivity contribution is 5.63. The van der Waals surface area contributed by atoms with Crippen molar-refractivity contribution in [2.45, 2.75) is 185 Å². The van der Waals surface area contributed by atoms with Gasteiger partial charge in [0.1, 0.15) is 0 Å². The molecular weight excluding hydrogens is 512 g/mol. The summed E-state index contributed by atoms with van der Waals surface area (Å²) in [5.74, 6) is -3.33. The van der Waals surface area contributed by atoms with Crippen LogP contribution < -0.4 is 0 Å². The Morgan fingerprint density at radius 1 is 0.300 bits per heavy atom. The Hall–Kier alpha value is -2.12. The molecule has 0 bridgehead atoms. The fourth-order valence-corrected chi connectivity index (χ4v) is 2.56. The van der Waals surface area contributed by atoms with Crippen LogP contribution in [0.15, 0.2) is 0 Å². The van der Waals surface area contributed by atoms with E-state index in [9.17, 15) is 0 Å². The van der Waals surface area contributed by atoms with E-state index in [0.717, 1.165) is 27.7 Å². The molecule has 0 saturated heterocycles. The number of rotatable bonds is 15. The normalized spacial score (nSPS) is 8.35. The van der Waals surface area contributed by atoms with E-state index in [1.54, 1.807) is 0 Å². The van der Waals surface area contributed by atoms with Gasteiger partial charge in [0, 0.05) is 27.7 Å². The first-order valence-electron chi connectivity index (χ1n) is 15.5. The van der Waals surface area contributed by atoms with Gasteiger partial charge in [-0.1, -0.05) is 157 Å². The van der Waals surface area contributed by atoms with Gasteiger partial charge >= 0.3 is 0 Å². The monoisotopic (exact) mass is 583 g/mol. The summed E-state index contributed by atoms with van der Waals surface area (Å²) in [6, 6.07) is 0. The molecule has 0 aliphatic heterocycles. The predicted molar refractivity (Wildman–Crippen MR) is 170 cm³/mol. The number of hydrogen-bond acceptors (Lipinski definition) is 4. The van der Waals surface area contributed by atoms with Gasteiger partial charge in [-0.2, -0.15) is 0 Å². The lowest BCUT2D eigenvalue weighted by molar-refractivity contribution is -0.135. The highest BCUT2D eigenvalue weighted by Gasteiger charge is 1.85. The van der Waals surface area contributed by atoms with Gasteiger partial charge in [0.15, 0.2) is 0 Å². The molecule has 0 aromatic rings. The van der Waals surface area contributed by atoms with Crippen molar-refractivity contribution < 1.29 is 39.6 Å². The third-order valence-electron chi connectivity index (χ3n) is 4.37. The number of aliphatic carboxylic acids is 4. The van der Waals surface area contributed by atoms with E-state index in [1.165, 1.54) is 116 Å². The molecular formula is C32H70O8. The van der Waals surface area contributed by atoms with Crippen molar-refractivity contribution in [3.05, 3.63) is 0 Å². The largest absolute Gasteiger partial charge is 0.481 e. The molecule has 0 unspecified atom stereocenters. The van der Waals surface area contributed by atoms with Gasteiger partial charge in [0.2, 0.25) is 0 Å². The van der Waals surface area contributed by atoms with Gasteiger partial charge in [-0.3, -0.25) is 19.2 Å². The lowest BCUT2D eigenvalue weighted by Crippen LogP contribution is -1.78. The average molecular weight is 583 g/mol. The minimum absolute atomic E-state index is 0.833. The predicted octanol–water partition coefficient (Wildman–Crippen LogP) is 10.5. The summed E-state index contributed by atoms with van der Waals surface area (Å²) >= 11 is 0. The van der Waals surface area contributed by atoms with Gasteiger partial charge in [-0.25, -0.2) is 0 Å². The van der Waals surface area contributed by atoms with Crippen molar-refractivity contribution in [2.24, 2.45) is 0 Å². The van der Waals surface area contributed by atoms with E-state index in [4.69, 9.17) is 39.6 Å². The fourth-order valence-electron chi connectivity index (χ4n) is 2.56. The number of unbranched alkanes of at least 4 members (excludes halogenated alkanes) is 15. The Balaban J connectivity index is -0.0000000653. The van der Waals surface area contributed by atoms with Crippen LogP contribution in [-0.4, -0.2) is 44.3 Å². The first-order chi connectivity index (χ1) is 18.7. The van der Waals surface area contributed by atoms with E-state index in [-0.39, 0.29) is 0 Å². The first kappa shape index (κ1) is 54.0. The molecule has 246 valence electrons. The van der Waals surface area contributed by atoms with Crippen LogP contribution in [0.5, 0.6) is 0 Å². The Labute approximate surface area is 248 Å². The first-order valence-corrected chi connectivity index (χ1v) is 15.5. The SMILES string of the molecule is CC(=O)O.CC(=O)O.CC(=O)O.CC(=O)O.CCCCCCCC.CCCCCCCC.CCCCCCCC. The van der Waals surface area contributed by atoms with Crippen LogP contribution >= 0.6 is 0 Å². The number of carbonyl (C=O) groups is 4. The van der Waals surface area contributed by atoms with E-state index >= 15 is 0 Å². The molecule has 0 aromatic heterocycles. The zero-order chi connectivity index (χ0) is 33.0. The van der Waals surface area contributed by atoms with Gasteiger partial charge in [-0.05, 0) is 0 Å². The molecule has 0 saturated carbocycles. The Bertz CT molecular complexity index is 355. The summed E-state index contributed by atoms with van der Waals surface area (Å²) in [5.41, 5.74) is 0. The van der Waals surface area contributed by atoms with Crippen LogP contribution in [0.4, 0.5) is 0 Å². The minimum atomic E-state index is -0.833. The standard InChI is InChI=1S/3C8H18.4C2H4O2/c3*1-3-5-7-8-6-4-2;4*1-2(3)4/h3*3-8H2,1-2H3;4*1H3,(H,3,4). The molecule has 0 fully saturated rings. The van der Waals surface area contributed by atoms with Gasteiger partial charge < -0.3 is 20.4 Å². The summed E-state index contributed by atoms with van der Waals surface area (Å²) in [7, 11) is 0. The van der Waals surface area contributed by atoms with Crippen molar-refractivity contribution in [3.8, 4) is 0 Å². The summed E-state index contributed by atoms with van der Waals surface area (Å²) < 4.78 is 0. The molecule has 0 heterocycles. The van der Waals surface area contributed by atoms with E-state index in [2.05, 4.69) is 41.5 Å². The third kappa shape index (κ3) is 263. The molecule has 0 aliphatic rings. The summed E-state index contributed by atoms with van der Waals surface area (Å²) in [5, 5.41) is 29.7. The van der Waals surface area contributed by atoms with Crippen LogP contribution in [0.1, 0.15) is 185 Å². The van der Waals surface area contributed by atoms with Crippen molar-refractivity contribution in [3.63, 3.8) is 0 Å². The maximum atomic E-state index is 9.00. The number of carboxylic acids is 4. The summed E-state index contributed by atoms with van der Waals surface area (Å²) in [4.78, 5) is 36.0. The molecule has 4 N–H and O–H groups in total. The number of carboxylic acid groups (broad SMARTS) is 4. The Morgan fingerprint density at radius 2 is 0.375 bits per heavy atom. The molecule has 0 radical (unpaired) electrons. The molecule has 0 amide bonds. The molecule has 0 rings (SSSR count). The molecule has 0 aromatic carbocycles. The molecule has 0 aliphatic carbocycles. The number of hydrogen-bond donors (Lipinski definition) is 4. The van der Waals surface area contributed by atoms with Crippen LogP contribution in [0.2, 0.25) is 0 Å². The van der Waals surface area contributed by atoms with Crippen molar-refractivity contribution >= 4 is 23.9 Å². The van der Waals surface area contributed by atoms with Crippen molar-refractivity contribution in [1.82, 2.24) is 0 Å². The smallest absolute Gasteiger partial charge is 0.300 e. The minimum Gasteiger partial charge on any atom is -0.481 e. The molecule has 8 heteroatoms. The van der Waals surface area contributed by atoms with Crippen LogP contribution in [0.25, 0.3) is 0 Å². The van der Waals surface area contributed by atoms with Crippen LogP contribution in [0.3, 0.4) is 0 Å². The van der Waals surface area contributed by atoms with Crippen molar-refractivity contribution in [1.29, 1.82) is 0 Å². The molecule has 8 nitrogen and oxygen atoms in total. The maximum absolute atomic E-state index is 9.00. The quantitative estimate of drug-likeness (QED) is 0.139. The Morgan fingerprint density at radius 3 is 0.425 bits per heavy atom.